The highest BCUT2D eigenvalue weighted by atomic mass is 19.4. The van der Waals surface area contributed by atoms with E-state index in [4.69, 9.17) is 0 Å². The lowest BCUT2D eigenvalue weighted by atomic mass is 9.77. The summed E-state index contributed by atoms with van der Waals surface area (Å²) in [5.74, 6) is -1.35. The van der Waals surface area contributed by atoms with E-state index in [0.29, 0.717) is 12.8 Å². The molecule has 2 unspecified atom stereocenters. The van der Waals surface area contributed by atoms with Gasteiger partial charge in [-0.25, -0.2) is 0 Å². The lowest BCUT2D eigenvalue weighted by molar-refractivity contribution is -0.195. The van der Waals surface area contributed by atoms with Crippen molar-refractivity contribution in [1.29, 1.82) is 0 Å². The zero-order valence-electron chi connectivity index (χ0n) is 9.06. The van der Waals surface area contributed by atoms with Gasteiger partial charge in [-0.15, -0.1) is 0 Å². The molecule has 1 saturated carbocycles. The highest BCUT2D eigenvalue weighted by Crippen LogP contribution is 2.42. The molecule has 4 heteroatoms. The van der Waals surface area contributed by atoms with Crippen molar-refractivity contribution in [2.45, 2.75) is 51.3 Å². The topological polar surface area (TPSA) is 20.2 Å². The molecule has 0 heterocycles. The van der Waals surface area contributed by atoms with Crippen molar-refractivity contribution in [1.82, 2.24) is 0 Å². The third-order valence-corrected chi connectivity index (χ3v) is 2.78. The molecule has 0 aromatic rings. The van der Waals surface area contributed by atoms with E-state index in [-0.39, 0.29) is 12.8 Å². The molecule has 0 aromatic carbocycles. The SMILES string of the molecule is CC(C)=CC1(O)CCCC(C(F)(F)F)C1. The minimum absolute atomic E-state index is 0.141. The van der Waals surface area contributed by atoms with Gasteiger partial charge in [0.1, 0.15) is 0 Å². The van der Waals surface area contributed by atoms with E-state index in [0.717, 1.165) is 5.57 Å². The average Bonchev–Trinajstić information content (AvgIpc) is 1.99. The molecule has 0 aromatic heterocycles. The summed E-state index contributed by atoms with van der Waals surface area (Å²) in [6, 6.07) is 0. The van der Waals surface area contributed by atoms with Crippen LogP contribution in [0.1, 0.15) is 39.5 Å². The van der Waals surface area contributed by atoms with E-state index in [2.05, 4.69) is 0 Å². The first kappa shape index (κ1) is 12.6. The molecule has 1 aliphatic rings. The van der Waals surface area contributed by atoms with Gasteiger partial charge >= 0.3 is 6.18 Å². The Balaban J connectivity index is 2.75. The Bertz CT molecular complexity index is 253. The number of rotatable bonds is 1. The summed E-state index contributed by atoms with van der Waals surface area (Å²) < 4.78 is 37.5. The molecule has 1 N–H and O–H groups in total. The van der Waals surface area contributed by atoms with Crippen molar-refractivity contribution in [2.75, 3.05) is 0 Å². The van der Waals surface area contributed by atoms with Crippen LogP contribution in [0.3, 0.4) is 0 Å². The van der Waals surface area contributed by atoms with E-state index < -0.39 is 17.7 Å². The van der Waals surface area contributed by atoms with E-state index in [9.17, 15) is 18.3 Å². The number of aliphatic hydroxyl groups is 1. The van der Waals surface area contributed by atoms with Gasteiger partial charge in [0, 0.05) is 0 Å². The molecule has 0 aliphatic heterocycles. The second-order valence-corrected chi connectivity index (χ2v) is 4.66. The van der Waals surface area contributed by atoms with Gasteiger partial charge in [0.15, 0.2) is 0 Å². The maximum Gasteiger partial charge on any atom is 0.391 e. The molecule has 88 valence electrons. The highest BCUT2D eigenvalue weighted by Gasteiger charge is 2.46. The van der Waals surface area contributed by atoms with Crippen LogP contribution in [0.4, 0.5) is 13.2 Å². The predicted molar refractivity (Wildman–Crippen MR) is 52.4 cm³/mol. The summed E-state index contributed by atoms with van der Waals surface area (Å²) in [6.07, 6.45) is -1.80. The third kappa shape index (κ3) is 3.52. The highest BCUT2D eigenvalue weighted by molar-refractivity contribution is 5.09. The Morgan fingerprint density at radius 2 is 2.00 bits per heavy atom. The molecule has 0 radical (unpaired) electrons. The van der Waals surface area contributed by atoms with Crippen LogP contribution in [-0.4, -0.2) is 16.9 Å². The summed E-state index contributed by atoms with van der Waals surface area (Å²) >= 11 is 0. The first-order valence-corrected chi connectivity index (χ1v) is 5.18. The normalized spacial score (nSPS) is 32.5. The number of halogens is 3. The molecular weight excluding hydrogens is 205 g/mol. The van der Waals surface area contributed by atoms with Crippen LogP contribution in [0.15, 0.2) is 11.6 Å². The number of alkyl halides is 3. The Kier molecular flexibility index (Phi) is 3.48. The van der Waals surface area contributed by atoms with E-state index >= 15 is 0 Å². The first-order valence-electron chi connectivity index (χ1n) is 5.18. The fraction of sp³-hybridized carbons (Fsp3) is 0.818. The first-order chi connectivity index (χ1) is 6.73. The van der Waals surface area contributed by atoms with Gasteiger partial charge in [0.25, 0.3) is 0 Å². The maximum absolute atomic E-state index is 12.5. The van der Waals surface area contributed by atoms with Crippen molar-refractivity contribution in [3.05, 3.63) is 11.6 Å². The zero-order valence-corrected chi connectivity index (χ0v) is 9.06. The zero-order chi connectivity index (χ0) is 11.7. The standard InChI is InChI=1S/C11H17F3O/c1-8(2)6-10(15)5-3-4-9(7-10)11(12,13)14/h6,9,15H,3-5,7H2,1-2H3. The van der Waals surface area contributed by atoms with Crippen molar-refractivity contribution in [3.63, 3.8) is 0 Å². The molecule has 1 aliphatic carbocycles. The van der Waals surface area contributed by atoms with Crippen molar-refractivity contribution in [3.8, 4) is 0 Å². The molecule has 15 heavy (non-hydrogen) atoms. The van der Waals surface area contributed by atoms with Crippen LogP contribution in [0.5, 0.6) is 0 Å². The second kappa shape index (κ2) is 4.16. The Morgan fingerprint density at radius 3 is 2.47 bits per heavy atom. The molecule has 0 saturated heterocycles. The average molecular weight is 222 g/mol. The summed E-state index contributed by atoms with van der Waals surface area (Å²) in [5, 5.41) is 10.00. The monoisotopic (exact) mass is 222 g/mol. The minimum atomic E-state index is -4.18. The van der Waals surface area contributed by atoms with Gasteiger partial charge in [0.05, 0.1) is 11.5 Å². The van der Waals surface area contributed by atoms with Gasteiger partial charge in [-0.3, -0.25) is 0 Å². The molecule has 0 bridgehead atoms. The smallest absolute Gasteiger partial charge is 0.386 e. The van der Waals surface area contributed by atoms with Crippen molar-refractivity contribution < 1.29 is 18.3 Å². The summed E-state index contributed by atoms with van der Waals surface area (Å²) in [5.41, 5.74) is -0.391. The Hall–Kier alpha value is -0.510. The molecule has 0 amide bonds. The lowest BCUT2D eigenvalue weighted by Crippen LogP contribution is -2.39. The molecule has 0 spiro atoms. The molecule has 2 atom stereocenters. The molecular formula is C11H17F3O. The summed E-state index contributed by atoms with van der Waals surface area (Å²) in [6.45, 7) is 3.57. The van der Waals surface area contributed by atoms with Crippen molar-refractivity contribution >= 4 is 0 Å². The van der Waals surface area contributed by atoms with Gasteiger partial charge in [0.2, 0.25) is 0 Å². The fourth-order valence-electron chi connectivity index (χ4n) is 2.23. The minimum Gasteiger partial charge on any atom is -0.386 e. The summed E-state index contributed by atoms with van der Waals surface area (Å²) in [7, 11) is 0. The van der Waals surface area contributed by atoms with Crippen LogP contribution in [0, 0.1) is 5.92 Å². The number of hydrogen-bond acceptors (Lipinski definition) is 1. The fourth-order valence-corrected chi connectivity index (χ4v) is 2.23. The van der Waals surface area contributed by atoms with Crippen LogP contribution in [0.25, 0.3) is 0 Å². The third-order valence-electron chi connectivity index (χ3n) is 2.78. The van der Waals surface area contributed by atoms with Crippen LogP contribution in [-0.2, 0) is 0 Å². The Labute approximate surface area is 88.0 Å². The van der Waals surface area contributed by atoms with Crippen molar-refractivity contribution in [2.24, 2.45) is 5.92 Å². The summed E-state index contributed by atoms with van der Waals surface area (Å²) in [4.78, 5) is 0. The van der Waals surface area contributed by atoms with Gasteiger partial charge in [-0.1, -0.05) is 11.6 Å². The largest absolute Gasteiger partial charge is 0.391 e. The van der Waals surface area contributed by atoms with Gasteiger partial charge < -0.3 is 5.11 Å². The van der Waals surface area contributed by atoms with E-state index in [1.54, 1.807) is 19.9 Å². The van der Waals surface area contributed by atoms with Crippen LogP contribution >= 0.6 is 0 Å². The Morgan fingerprint density at radius 1 is 1.40 bits per heavy atom. The van der Waals surface area contributed by atoms with Crippen LogP contribution < -0.4 is 0 Å². The van der Waals surface area contributed by atoms with Crippen LogP contribution in [0.2, 0.25) is 0 Å². The maximum atomic E-state index is 12.5. The number of hydrogen-bond donors (Lipinski definition) is 1. The molecule has 1 fully saturated rings. The lowest BCUT2D eigenvalue weighted by Gasteiger charge is -2.35. The predicted octanol–water partition coefficient (Wildman–Crippen LogP) is 3.44. The quantitative estimate of drug-likeness (QED) is 0.674. The molecule has 1 nitrogen and oxygen atoms in total. The van der Waals surface area contributed by atoms with E-state index in [1.165, 1.54) is 0 Å². The van der Waals surface area contributed by atoms with Gasteiger partial charge in [-0.2, -0.15) is 13.2 Å². The van der Waals surface area contributed by atoms with E-state index in [1.807, 2.05) is 0 Å². The molecule has 1 rings (SSSR count). The van der Waals surface area contributed by atoms with Gasteiger partial charge in [-0.05, 0) is 39.5 Å². The second-order valence-electron chi connectivity index (χ2n) is 4.66. The number of allylic oxidation sites excluding steroid dienone is 1.